The Hall–Kier alpha value is -3.75. The molecule has 0 aliphatic rings. The van der Waals surface area contributed by atoms with Crippen LogP contribution in [0, 0.1) is 0 Å². The van der Waals surface area contributed by atoms with Crippen molar-refractivity contribution in [2.75, 3.05) is 25.0 Å². The summed E-state index contributed by atoms with van der Waals surface area (Å²) in [5.41, 5.74) is 3.06. The molecule has 0 atom stereocenters. The van der Waals surface area contributed by atoms with Crippen LogP contribution >= 0.6 is 0 Å². The van der Waals surface area contributed by atoms with Crippen molar-refractivity contribution in [1.29, 1.82) is 0 Å². The minimum atomic E-state index is -3.54. The molecule has 0 fully saturated rings. The number of hydrogen-bond acceptors (Lipinski definition) is 5. The van der Waals surface area contributed by atoms with E-state index in [0.29, 0.717) is 24.3 Å². The minimum Gasteiger partial charge on any atom is -0.452 e. The molecule has 0 spiro atoms. The van der Waals surface area contributed by atoms with Crippen molar-refractivity contribution in [2.24, 2.45) is 0 Å². The van der Waals surface area contributed by atoms with Gasteiger partial charge in [0.1, 0.15) is 0 Å². The van der Waals surface area contributed by atoms with E-state index in [2.05, 4.69) is 5.32 Å². The van der Waals surface area contributed by atoms with E-state index in [0.717, 1.165) is 11.1 Å². The van der Waals surface area contributed by atoms with Gasteiger partial charge in [-0.25, -0.2) is 13.2 Å². The number of nitrogens with zero attached hydrogens (tertiary/aromatic N) is 1. The second-order valence-electron chi connectivity index (χ2n) is 7.56. The van der Waals surface area contributed by atoms with Crippen LogP contribution in [0.2, 0.25) is 0 Å². The van der Waals surface area contributed by atoms with Crippen molar-refractivity contribution < 1.29 is 22.7 Å². The zero-order valence-corrected chi connectivity index (χ0v) is 20.5. The first kappa shape index (κ1) is 25.9. The lowest BCUT2D eigenvalue weighted by molar-refractivity contribution is -0.142. The highest BCUT2D eigenvalue weighted by Crippen LogP contribution is 2.27. The van der Waals surface area contributed by atoms with E-state index in [-0.39, 0.29) is 4.90 Å². The zero-order chi connectivity index (χ0) is 25.3. The molecule has 0 unspecified atom stereocenters. The van der Waals surface area contributed by atoms with E-state index >= 15 is 0 Å². The molecule has 0 bridgehead atoms. The van der Waals surface area contributed by atoms with Gasteiger partial charge in [-0.05, 0) is 35.4 Å². The van der Waals surface area contributed by atoms with Crippen LogP contribution < -0.4 is 5.32 Å². The molecule has 0 aromatic heterocycles. The molecule has 0 saturated carbocycles. The van der Waals surface area contributed by atoms with Crippen LogP contribution in [0.1, 0.15) is 19.4 Å². The summed E-state index contributed by atoms with van der Waals surface area (Å²) in [5, 5.41) is 2.78. The quantitative estimate of drug-likeness (QED) is 0.330. The predicted octanol–water partition coefficient (Wildman–Crippen LogP) is 4.58. The maximum Gasteiger partial charge on any atom is 0.331 e. The molecule has 0 aliphatic carbocycles. The summed E-state index contributed by atoms with van der Waals surface area (Å²) in [4.78, 5) is 24.6. The van der Waals surface area contributed by atoms with Gasteiger partial charge in [0.15, 0.2) is 6.61 Å². The third-order valence-electron chi connectivity index (χ3n) is 5.27. The summed E-state index contributed by atoms with van der Waals surface area (Å²) in [5.74, 6) is -1.14. The number of esters is 1. The molecule has 0 saturated heterocycles. The van der Waals surface area contributed by atoms with Gasteiger partial charge in [0, 0.05) is 30.4 Å². The molecule has 7 nitrogen and oxygen atoms in total. The monoisotopic (exact) mass is 492 g/mol. The van der Waals surface area contributed by atoms with Gasteiger partial charge in [-0.3, -0.25) is 4.79 Å². The van der Waals surface area contributed by atoms with Crippen molar-refractivity contribution >= 4 is 33.7 Å². The lowest BCUT2D eigenvalue weighted by Crippen LogP contribution is -2.30. The highest BCUT2D eigenvalue weighted by Gasteiger charge is 2.21. The standard InChI is InChI=1S/C27H28N2O5S/c1-3-29(4-2)35(32,33)23-17-14-21(15-18-23)16-19-27(31)34-20-26(30)28-25-13-9-8-12-24(25)22-10-6-5-7-11-22/h5-19H,3-4,20H2,1-2H3,(H,28,30)/b19-16+. The Labute approximate surface area is 206 Å². The Balaban J connectivity index is 1.56. The lowest BCUT2D eigenvalue weighted by atomic mass is 10.0. The molecule has 1 N–H and O–H groups in total. The average Bonchev–Trinajstić information content (AvgIpc) is 2.88. The molecule has 1 amide bonds. The Kier molecular flexibility index (Phi) is 8.94. The summed E-state index contributed by atoms with van der Waals surface area (Å²) < 4.78 is 31.5. The van der Waals surface area contributed by atoms with E-state index in [9.17, 15) is 18.0 Å². The minimum absolute atomic E-state index is 0.188. The van der Waals surface area contributed by atoms with Crippen LogP contribution in [-0.4, -0.2) is 44.3 Å². The van der Waals surface area contributed by atoms with Crippen molar-refractivity contribution in [2.45, 2.75) is 18.7 Å². The van der Waals surface area contributed by atoms with Gasteiger partial charge < -0.3 is 10.1 Å². The third kappa shape index (κ3) is 6.88. The predicted molar refractivity (Wildman–Crippen MR) is 137 cm³/mol. The third-order valence-corrected chi connectivity index (χ3v) is 7.33. The molecular weight excluding hydrogens is 464 g/mol. The fourth-order valence-corrected chi connectivity index (χ4v) is 4.92. The van der Waals surface area contributed by atoms with Gasteiger partial charge >= 0.3 is 5.97 Å². The number of anilines is 1. The number of amides is 1. The van der Waals surface area contributed by atoms with Gasteiger partial charge in [-0.15, -0.1) is 0 Å². The second-order valence-corrected chi connectivity index (χ2v) is 9.50. The Morgan fingerprint density at radius 1 is 0.886 bits per heavy atom. The van der Waals surface area contributed by atoms with Gasteiger partial charge in [0.05, 0.1) is 4.90 Å². The van der Waals surface area contributed by atoms with Gasteiger partial charge in [0.2, 0.25) is 10.0 Å². The second kappa shape index (κ2) is 12.1. The number of carbonyl (C=O) groups excluding carboxylic acids is 2. The van der Waals surface area contributed by atoms with E-state index < -0.39 is 28.5 Å². The number of benzene rings is 3. The van der Waals surface area contributed by atoms with Crippen LogP contribution in [-0.2, 0) is 24.3 Å². The molecule has 35 heavy (non-hydrogen) atoms. The number of hydrogen-bond donors (Lipinski definition) is 1. The Morgan fingerprint density at radius 3 is 2.17 bits per heavy atom. The molecule has 3 aromatic carbocycles. The summed E-state index contributed by atoms with van der Waals surface area (Å²) in [6.45, 7) is 3.90. The van der Waals surface area contributed by atoms with Crippen LogP contribution in [0.25, 0.3) is 17.2 Å². The Morgan fingerprint density at radius 2 is 1.51 bits per heavy atom. The topological polar surface area (TPSA) is 92.8 Å². The largest absolute Gasteiger partial charge is 0.452 e. The van der Waals surface area contributed by atoms with Gasteiger partial charge in [0.25, 0.3) is 5.91 Å². The fourth-order valence-electron chi connectivity index (χ4n) is 3.46. The molecule has 0 radical (unpaired) electrons. The van der Waals surface area contributed by atoms with Crippen molar-refractivity contribution in [3.05, 3.63) is 90.5 Å². The highest BCUT2D eigenvalue weighted by atomic mass is 32.2. The zero-order valence-electron chi connectivity index (χ0n) is 19.7. The molecule has 182 valence electrons. The first-order valence-corrected chi connectivity index (χ1v) is 12.7. The first-order valence-electron chi connectivity index (χ1n) is 11.2. The molecule has 8 heteroatoms. The summed E-state index contributed by atoms with van der Waals surface area (Å²) >= 11 is 0. The first-order chi connectivity index (χ1) is 16.8. The molecular formula is C27H28N2O5S. The average molecular weight is 493 g/mol. The maximum atomic E-state index is 12.5. The molecule has 0 heterocycles. The van der Waals surface area contributed by atoms with E-state index in [1.54, 1.807) is 32.0 Å². The normalized spacial score (nSPS) is 11.5. The molecule has 3 aromatic rings. The van der Waals surface area contributed by atoms with Crippen LogP contribution in [0.3, 0.4) is 0 Å². The summed E-state index contributed by atoms with van der Waals surface area (Å²) in [7, 11) is -3.54. The Bertz CT molecular complexity index is 1280. The van der Waals surface area contributed by atoms with Crippen molar-refractivity contribution in [3.63, 3.8) is 0 Å². The molecule has 0 aliphatic heterocycles. The summed E-state index contributed by atoms with van der Waals surface area (Å²) in [6, 6.07) is 23.2. The number of rotatable bonds is 10. The number of sulfonamides is 1. The smallest absolute Gasteiger partial charge is 0.331 e. The van der Waals surface area contributed by atoms with Crippen LogP contribution in [0.4, 0.5) is 5.69 Å². The SMILES string of the molecule is CCN(CC)S(=O)(=O)c1ccc(/C=C/C(=O)OCC(=O)Nc2ccccc2-c2ccccc2)cc1. The fraction of sp³-hybridized carbons (Fsp3) is 0.185. The van der Waals surface area contributed by atoms with Crippen molar-refractivity contribution in [1.82, 2.24) is 4.31 Å². The van der Waals surface area contributed by atoms with E-state index in [4.69, 9.17) is 4.74 Å². The number of carbonyl (C=O) groups is 2. The van der Waals surface area contributed by atoms with E-state index in [1.807, 2.05) is 48.5 Å². The number of ether oxygens (including phenoxy) is 1. The van der Waals surface area contributed by atoms with Gasteiger partial charge in [-0.1, -0.05) is 74.5 Å². The lowest BCUT2D eigenvalue weighted by Gasteiger charge is -2.18. The number of nitrogens with one attached hydrogen (secondary N) is 1. The summed E-state index contributed by atoms with van der Waals surface area (Å²) in [6.07, 6.45) is 2.69. The van der Waals surface area contributed by atoms with E-state index in [1.165, 1.54) is 28.6 Å². The number of para-hydroxylation sites is 1. The van der Waals surface area contributed by atoms with Crippen molar-refractivity contribution in [3.8, 4) is 11.1 Å². The van der Waals surface area contributed by atoms with Crippen LogP contribution in [0.15, 0.2) is 89.8 Å². The van der Waals surface area contributed by atoms with Crippen LogP contribution in [0.5, 0.6) is 0 Å². The maximum absolute atomic E-state index is 12.5. The van der Waals surface area contributed by atoms with Gasteiger partial charge in [-0.2, -0.15) is 4.31 Å². The molecule has 3 rings (SSSR count). The highest BCUT2D eigenvalue weighted by molar-refractivity contribution is 7.89.